The van der Waals surface area contributed by atoms with E-state index in [1.807, 2.05) is 6.07 Å². The van der Waals surface area contributed by atoms with Gasteiger partial charge in [-0.2, -0.15) is 0 Å². The minimum atomic E-state index is -0.346. The van der Waals surface area contributed by atoms with Crippen molar-refractivity contribution in [3.63, 3.8) is 0 Å². The predicted molar refractivity (Wildman–Crippen MR) is 132 cm³/mol. The maximum Gasteiger partial charge on any atom is 0.256 e. The first-order valence-corrected chi connectivity index (χ1v) is 12.6. The summed E-state index contributed by atoms with van der Waals surface area (Å²) in [7, 11) is 0. The number of fused-ring (bicyclic) bond motifs is 6. The first-order chi connectivity index (χ1) is 16.2. The van der Waals surface area contributed by atoms with Gasteiger partial charge in [-0.1, -0.05) is 11.3 Å². The van der Waals surface area contributed by atoms with E-state index in [0.717, 1.165) is 78.0 Å². The highest BCUT2D eigenvalue weighted by Gasteiger charge is 2.24. The number of piperidine rings is 1. The van der Waals surface area contributed by atoms with Gasteiger partial charge < -0.3 is 14.6 Å². The molecule has 0 spiro atoms. The van der Waals surface area contributed by atoms with Gasteiger partial charge in [0.05, 0.1) is 28.8 Å². The molecule has 2 aromatic carbocycles. The Kier molecular flexibility index (Phi) is 5.52. The van der Waals surface area contributed by atoms with E-state index in [-0.39, 0.29) is 11.4 Å². The van der Waals surface area contributed by atoms with E-state index in [4.69, 9.17) is 9.72 Å². The molecule has 0 amide bonds. The second-order valence-electron chi connectivity index (χ2n) is 9.13. The average molecular weight is 467 g/mol. The molecule has 0 saturated carbocycles. The second-order valence-corrected chi connectivity index (χ2v) is 10.1. The van der Waals surface area contributed by atoms with Crippen LogP contribution >= 0.6 is 11.3 Å². The Morgan fingerprint density at radius 1 is 1.09 bits per heavy atom. The summed E-state index contributed by atoms with van der Waals surface area (Å²) in [4.78, 5) is 25.3. The Hall–Kier alpha value is -2.55. The molecule has 0 aliphatic carbocycles. The van der Waals surface area contributed by atoms with Gasteiger partial charge in [0.2, 0.25) is 0 Å². The maximum absolute atomic E-state index is 14.1. The number of pyridine rings is 1. The van der Waals surface area contributed by atoms with E-state index >= 15 is 0 Å². The second kappa shape index (κ2) is 8.66. The van der Waals surface area contributed by atoms with Crippen LogP contribution in [0.15, 0.2) is 35.3 Å². The molecule has 33 heavy (non-hydrogen) atoms. The lowest BCUT2D eigenvalue weighted by molar-refractivity contribution is 0.0349. The number of ether oxygens (including phenoxy) is 1. The first-order valence-electron chi connectivity index (χ1n) is 11.8. The Balaban J connectivity index is 1.28. The van der Waals surface area contributed by atoms with Gasteiger partial charge in [-0.3, -0.25) is 9.69 Å². The fourth-order valence-electron chi connectivity index (χ4n) is 5.28. The summed E-state index contributed by atoms with van der Waals surface area (Å²) >= 11 is 1.64. The largest absolute Gasteiger partial charge is 0.379 e. The van der Waals surface area contributed by atoms with Gasteiger partial charge in [0.25, 0.3) is 5.56 Å². The first kappa shape index (κ1) is 21.0. The third-order valence-corrected chi connectivity index (χ3v) is 8.32. The summed E-state index contributed by atoms with van der Waals surface area (Å²) in [5, 5.41) is 3.83. The maximum atomic E-state index is 14.1. The van der Waals surface area contributed by atoms with Crippen LogP contribution in [0.2, 0.25) is 0 Å². The van der Waals surface area contributed by atoms with Gasteiger partial charge in [-0.15, -0.1) is 0 Å². The highest BCUT2D eigenvalue weighted by Crippen LogP contribution is 2.40. The number of hydrogen-bond acceptors (Lipinski definition) is 6. The number of aromatic nitrogens is 2. The van der Waals surface area contributed by atoms with Crippen LogP contribution in [0.4, 0.5) is 9.52 Å². The van der Waals surface area contributed by atoms with E-state index in [9.17, 15) is 9.18 Å². The lowest BCUT2D eigenvalue weighted by Gasteiger charge is -2.33. The van der Waals surface area contributed by atoms with Crippen LogP contribution in [0.5, 0.6) is 0 Å². The van der Waals surface area contributed by atoms with Crippen LogP contribution in [0.3, 0.4) is 0 Å². The van der Waals surface area contributed by atoms with E-state index < -0.39 is 0 Å². The number of aromatic amines is 1. The van der Waals surface area contributed by atoms with Gasteiger partial charge >= 0.3 is 0 Å². The zero-order valence-corrected chi connectivity index (χ0v) is 19.3. The number of benzene rings is 2. The molecule has 6 nitrogen and oxygen atoms in total. The molecule has 2 fully saturated rings. The molecular weight excluding hydrogens is 439 g/mol. The molecular formula is C25H27FN4O2S. The highest BCUT2D eigenvalue weighted by atomic mass is 32.1. The predicted octanol–water partition coefficient (Wildman–Crippen LogP) is 4.37. The number of nitrogens with one attached hydrogen (secondary N) is 1. The van der Waals surface area contributed by atoms with Gasteiger partial charge in [-0.05, 0) is 56.0 Å². The minimum absolute atomic E-state index is 0.193. The number of nitrogens with zero attached hydrogens (tertiary/aromatic N) is 3. The summed E-state index contributed by atoms with van der Waals surface area (Å²) in [5.74, 6) is 0.405. The van der Waals surface area contributed by atoms with Crippen molar-refractivity contribution in [1.29, 1.82) is 0 Å². The van der Waals surface area contributed by atoms with Crippen molar-refractivity contribution in [3.05, 3.63) is 46.6 Å². The molecule has 0 atom stereocenters. The van der Waals surface area contributed by atoms with Crippen molar-refractivity contribution in [3.8, 4) is 0 Å². The SMILES string of the molecule is O=c1[nH]ccc2c3sc(N4CCC(CCN5CCOCC5)CC4)nc3c3ccc(F)cc3c12. The molecule has 8 heteroatoms. The van der Waals surface area contributed by atoms with Crippen molar-refractivity contribution in [2.45, 2.75) is 19.3 Å². The van der Waals surface area contributed by atoms with Crippen LogP contribution in [-0.2, 0) is 4.74 Å². The number of hydrogen-bond donors (Lipinski definition) is 1. The highest BCUT2D eigenvalue weighted by molar-refractivity contribution is 7.23. The summed E-state index contributed by atoms with van der Waals surface area (Å²) in [5.41, 5.74) is 0.665. The summed E-state index contributed by atoms with van der Waals surface area (Å²) in [6.07, 6.45) is 5.26. The number of rotatable bonds is 4. The number of halogens is 1. The van der Waals surface area contributed by atoms with Crippen molar-refractivity contribution in [2.24, 2.45) is 5.92 Å². The molecule has 2 aromatic heterocycles. The van der Waals surface area contributed by atoms with Crippen LogP contribution in [0, 0.1) is 11.7 Å². The van der Waals surface area contributed by atoms with Crippen molar-refractivity contribution < 1.29 is 9.13 Å². The van der Waals surface area contributed by atoms with Gasteiger partial charge in [-0.25, -0.2) is 9.37 Å². The van der Waals surface area contributed by atoms with Crippen LogP contribution in [-0.4, -0.2) is 60.8 Å². The van der Waals surface area contributed by atoms with E-state index in [0.29, 0.717) is 10.8 Å². The van der Waals surface area contributed by atoms with Crippen LogP contribution < -0.4 is 10.5 Å². The summed E-state index contributed by atoms with van der Waals surface area (Å²) in [6.45, 7) is 6.99. The van der Waals surface area contributed by atoms with Gasteiger partial charge in [0.1, 0.15) is 5.82 Å². The topological polar surface area (TPSA) is 61.5 Å². The Morgan fingerprint density at radius 3 is 2.73 bits per heavy atom. The van der Waals surface area contributed by atoms with Gasteiger partial charge in [0, 0.05) is 48.5 Å². The van der Waals surface area contributed by atoms with E-state index in [1.54, 1.807) is 23.6 Å². The quantitative estimate of drug-likeness (QED) is 0.453. The Bertz CT molecular complexity index is 1370. The van der Waals surface area contributed by atoms with Crippen molar-refractivity contribution >= 4 is 48.2 Å². The Labute approximate surface area is 195 Å². The number of thiazole rings is 1. The third-order valence-electron chi connectivity index (χ3n) is 7.17. The molecule has 2 aliphatic heterocycles. The van der Waals surface area contributed by atoms with Crippen molar-refractivity contribution in [1.82, 2.24) is 14.9 Å². The fraction of sp³-hybridized carbons (Fsp3) is 0.440. The molecule has 2 saturated heterocycles. The molecule has 0 unspecified atom stereocenters. The standard InChI is InChI=1S/C25H27FN4O2S/c26-17-1-2-18-20(15-17)21-19(3-7-27-24(21)31)23-22(18)28-25(33-23)30-9-5-16(6-10-30)4-8-29-11-13-32-14-12-29/h1-3,7,15-16H,4-6,8-14H2,(H,27,31). The summed E-state index contributed by atoms with van der Waals surface area (Å²) in [6, 6.07) is 6.55. The fourth-order valence-corrected chi connectivity index (χ4v) is 6.44. The third kappa shape index (κ3) is 3.90. The average Bonchev–Trinajstić information content (AvgIpc) is 3.29. The van der Waals surface area contributed by atoms with Crippen LogP contribution in [0.1, 0.15) is 19.3 Å². The number of anilines is 1. The lowest BCUT2D eigenvalue weighted by Crippen LogP contribution is -2.39. The molecule has 1 N–H and O–H groups in total. The monoisotopic (exact) mass is 466 g/mol. The van der Waals surface area contributed by atoms with Crippen molar-refractivity contribution in [2.75, 3.05) is 50.8 Å². The molecule has 4 heterocycles. The molecule has 0 radical (unpaired) electrons. The van der Waals surface area contributed by atoms with E-state index in [2.05, 4.69) is 14.8 Å². The molecule has 172 valence electrons. The van der Waals surface area contributed by atoms with E-state index in [1.165, 1.54) is 31.4 Å². The lowest BCUT2D eigenvalue weighted by atomic mass is 9.93. The molecule has 4 aromatic rings. The Morgan fingerprint density at radius 2 is 1.91 bits per heavy atom. The smallest absolute Gasteiger partial charge is 0.256 e. The zero-order valence-electron chi connectivity index (χ0n) is 18.5. The molecule has 0 bridgehead atoms. The zero-order chi connectivity index (χ0) is 22.4. The normalized spacial score (nSPS) is 18.6. The van der Waals surface area contributed by atoms with Gasteiger partial charge in [0.15, 0.2) is 5.13 Å². The number of morpholine rings is 1. The molecule has 6 rings (SSSR count). The number of H-pyrrole nitrogens is 1. The molecule has 2 aliphatic rings. The minimum Gasteiger partial charge on any atom is -0.379 e. The van der Waals surface area contributed by atoms with Crippen LogP contribution in [0.25, 0.3) is 31.8 Å². The summed E-state index contributed by atoms with van der Waals surface area (Å²) < 4.78 is 20.5.